The molecule has 8 nitrogen and oxygen atoms in total. The van der Waals surface area contributed by atoms with Crippen LogP contribution in [0.2, 0.25) is 0 Å². The highest BCUT2D eigenvalue weighted by Gasteiger charge is 2.22. The van der Waals surface area contributed by atoms with Gasteiger partial charge in [-0.15, -0.1) is 0 Å². The van der Waals surface area contributed by atoms with E-state index in [2.05, 4.69) is 5.10 Å². The van der Waals surface area contributed by atoms with E-state index in [1.54, 1.807) is 6.92 Å². The second kappa shape index (κ2) is 5.72. The Morgan fingerprint density at radius 2 is 2.14 bits per heavy atom. The SMILES string of the molecule is CCn1cc(S(=O)(=O)Nc2cc([N+](=O)[O-])ccc2F)c(C)n1. The van der Waals surface area contributed by atoms with E-state index in [-0.39, 0.29) is 10.6 Å². The molecule has 0 radical (unpaired) electrons. The third-order valence-corrected chi connectivity index (χ3v) is 4.39. The van der Waals surface area contributed by atoms with E-state index in [9.17, 15) is 22.9 Å². The molecule has 118 valence electrons. The molecule has 0 saturated carbocycles. The van der Waals surface area contributed by atoms with Crippen LogP contribution >= 0.6 is 0 Å². The van der Waals surface area contributed by atoms with Gasteiger partial charge in [0.25, 0.3) is 15.7 Å². The van der Waals surface area contributed by atoms with Crippen molar-refractivity contribution in [2.75, 3.05) is 4.72 Å². The summed E-state index contributed by atoms with van der Waals surface area (Å²) in [5.74, 6) is -0.908. The Hall–Kier alpha value is -2.49. The highest BCUT2D eigenvalue weighted by molar-refractivity contribution is 7.92. The summed E-state index contributed by atoms with van der Waals surface area (Å²) < 4.78 is 41.7. The van der Waals surface area contributed by atoms with E-state index >= 15 is 0 Å². The first-order valence-electron chi connectivity index (χ1n) is 6.25. The Morgan fingerprint density at radius 1 is 1.45 bits per heavy atom. The van der Waals surface area contributed by atoms with Gasteiger partial charge in [0.05, 0.1) is 16.3 Å². The van der Waals surface area contributed by atoms with Gasteiger partial charge in [-0.05, 0) is 19.9 Å². The number of non-ortho nitro benzene ring substituents is 1. The number of nitrogens with zero attached hydrogens (tertiary/aromatic N) is 3. The Labute approximate surface area is 125 Å². The van der Waals surface area contributed by atoms with Gasteiger partial charge >= 0.3 is 0 Å². The van der Waals surface area contributed by atoms with Gasteiger partial charge in [-0.1, -0.05) is 0 Å². The smallest absolute Gasteiger partial charge is 0.271 e. The van der Waals surface area contributed by atoms with Gasteiger partial charge in [0.2, 0.25) is 0 Å². The van der Waals surface area contributed by atoms with E-state index in [0.717, 1.165) is 18.2 Å². The van der Waals surface area contributed by atoms with Gasteiger partial charge in [0.1, 0.15) is 10.7 Å². The highest BCUT2D eigenvalue weighted by atomic mass is 32.2. The van der Waals surface area contributed by atoms with Gasteiger partial charge in [0.15, 0.2) is 0 Å². The Balaban J connectivity index is 2.42. The highest BCUT2D eigenvalue weighted by Crippen LogP contribution is 2.25. The normalized spacial score (nSPS) is 11.4. The van der Waals surface area contributed by atoms with Gasteiger partial charge < -0.3 is 0 Å². The first kappa shape index (κ1) is 15.9. The molecule has 1 aromatic heterocycles. The summed E-state index contributed by atoms with van der Waals surface area (Å²) in [4.78, 5) is 9.84. The Morgan fingerprint density at radius 3 is 2.68 bits per heavy atom. The molecule has 0 saturated heterocycles. The van der Waals surface area contributed by atoms with Crippen molar-refractivity contribution < 1.29 is 17.7 Å². The predicted molar refractivity (Wildman–Crippen MR) is 76.5 cm³/mol. The van der Waals surface area contributed by atoms with Crippen molar-refractivity contribution in [2.45, 2.75) is 25.3 Å². The van der Waals surface area contributed by atoms with E-state index < -0.39 is 32.1 Å². The number of anilines is 1. The molecule has 22 heavy (non-hydrogen) atoms. The molecule has 0 spiro atoms. The lowest BCUT2D eigenvalue weighted by molar-refractivity contribution is -0.384. The fourth-order valence-corrected chi connectivity index (χ4v) is 3.08. The summed E-state index contributed by atoms with van der Waals surface area (Å²) >= 11 is 0. The number of nitro groups is 1. The minimum atomic E-state index is -4.09. The molecule has 1 heterocycles. The maximum absolute atomic E-state index is 13.7. The van der Waals surface area contributed by atoms with Crippen molar-refractivity contribution in [2.24, 2.45) is 0 Å². The molecule has 1 N–H and O–H groups in total. The molecular formula is C12H13FN4O4S. The van der Waals surface area contributed by atoms with Gasteiger partial charge in [-0.25, -0.2) is 12.8 Å². The topological polar surface area (TPSA) is 107 Å². The summed E-state index contributed by atoms with van der Waals surface area (Å²) in [7, 11) is -4.09. The van der Waals surface area contributed by atoms with Crippen molar-refractivity contribution in [3.05, 3.63) is 46.0 Å². The third-order valence-electron chi connectivity index (χ3n) is 2.92. The molecule has 2 rings (SSSR count). The molecule has 0 aliphatic rings. The maximum Gasteiger partial charge on any atom is 0.271 e. The zero-order valence-electron chi connectivity index (χ0n) is 11.8. The lowest BCUT2D eigenvalue weighted by Gasteiger charge is -2.07. The molecular weight excluding hydrogens is 315 g/mol. The van der Waals surface area contributed by atoms with Gasteiger partial charge in [0, 0.05) is 24.9 Å². The fourth-order valence-electron chi connectivity index (χ4n) is 1.83. The van der Waals surface area contributed by atoms with Crippen LogP contribution in [0, 0.1) is 22.9 Å². The lowest BCUT2D eigenvalue weighted by Crippen LogP contribution is -2.14. The van der Waals surface area contributed by atoms with Crippen molar-refractivity contribution >= 4 is 21.4 Å². The van der Waals surface area contributed by atoms with Crippen molar-refractivity contribution in [3.8, 4) is 0 Å². The maximum atomic E-state index is 13.7. The van der Waals surface area contributed by atoms with Crippen LogP contribution in [-0.4, -0.2) is 23.1 Å². The summed E-state index contributed by atoms with van der Waals surface area (Å²) in [6.07, 6.45) is 1.31. The molecule has 0 amide bonds. The van der Waals surface area contributed by atoms with Crippen molar-refractivity contribution in [3.63, 3.8) is 0 Å². The van der Waals surface area contributed by atoms with E-state index in [4.69, 9.17) is 0 Å². The van der Waals surface area contributed by atoms with Crippen LogP contribution in [0.3, 0.4) is 0 Å². The first-order chi connectivity index (χ1) is 10.2. The number of hydrogen-bond acceptors (Lipinski definition) is 5. The van der Waals surface area contributed by atoms with E-state index in [1.807, 2.05) is 4.72 Å². The lowest BCUT2D eigenvalue weighted by atomic mass is 10.3. The molecule has 1 aromatic carbocycles. The van der Waals surface area contributed by atoms with Crippen molar-refractivity contribution in [1.29, 1.82) is 0 Å². The number of aromatic nitrogens is 2. The molecule has 0 aliphatic carbocycles. The van der Waals surface area contributed by atoms with Gasteiger partial charge in [-0.3, -0.25) is 19.5 Å². The molecule has 10 heteroatoms. The zero-order chi connectivity index (χ0) is 16.5. The quantitative estimate of drug-likeness (QED) is 0.668. The van der Waals surface area contributed by atoms with Crippen LogP contribution in [0.15, 0.2) is 29.3 Å². The standard InChI is InChI=1S/C12H13FN4O4S/c1-3-16-7-12(8(2)14-16)22(20,21)15-11-6-9(17(18)19)4-5-10(11)13/h4-7,15H,3H2,1-2H3. The average Bonchev–Trinajstić information content (AvgIpc) is 2.83. The number of sulfonamides is 1. The number of nitro benzene ring substituents is 1. The van der Waals surface area contributed by atoms with E-state index in [1.165, 1.54) is 17.8 Å². The number of rotatable bonds is 5. The van der Waals surface area contributed by atoms with Crippen LogP contribution in [0.25, 0.3) is 0 Å². The predicted octanol–water partition coefficient (Wildman–Crippen LogP) is 2.06. The number of nitrogens with one attached hydrogen (secondary N) is 1. The summed E-state index contributed by atoms with van der Waals surface area (Å²) in [5.41, 5.74) is -0.655. The molecule has 0 aliphatic heterocycles. The molecule has 2 aromatic rings. The van der Waals surface area contributed by atoms with Crippen LogP contribution in [0.1, 0.15) is 12.6 Å². The molecule has 0 unspecified atom stereocenters. The van der Waals surface area contributed by atoms with Crippen molar-refractivity contribution in [1.82, 2.24) is 9.78 Å². The largest absolute Gasteiger partial charge is 0.276 e. The van der Waals surface area contributed by atoms with Crippen LogP contribution in [0.5, 0.6) is 0 Å². The zero-order valence-corrected chi connectivity index (χ0v) is 12.6. The van der Waals surface area contributed by atoms with Crippen LogP contribution in [-0.2, 0) is 16.6 Å². The molecule has 0 atom stereocenters. The number of aryl methyl sites for hydroxylation is 2. The second-order valence-corrected chi connectivity index (χ2v) is 6.11. The Kier molecular flexibility index (Phi) is 4.13. The molecule has 0 fully saturated rings. The minimum absolute atomic E-state index is 0.111. The number of benzene rings is 1. The van der Waals surface area contributed by atoms with Crippen LogP contribution < -0.4 is 4.72 Å². The average molecular weight is 328 g/mol. The summed E-state index contributed by atoms with van der Waals surface area (Å²) in [5, 5.41) is 14.7. The molecule has 0 bridgehead atoms. The van der Waals surface area contributed by atoms with Gasteiger partial charge in [-0.2, -0.15) is 5.10 Å². The summed E-state index contributed by atoms with van der Waals surface area (Å²) in [6, 6.07) is 2.61. The fraction of sp³-hybridized carbons (Fsp3) is 0.250. The third kappa shape index (κ3) is 3.06. The summed E-state index contributed by atoms with van der Waals surface area (Å²) in [6.45, 7) is 3.77. The second-order valence-electron chi connectivity index (χ2n) is 4.46. The first-order valence-corrected chi connectivity index (χ1v) is 7.73. The number of halogens is 1. The minimum Gasteiger partial charge on any atom is -0.276 e. The number of hydrogen-bond donors (Lipinski definition) is 1. The monoisotopic (exact) mass is 328 g/mol. The Bertz CT molecular complexity index is 832. The van der Waals surface area contributed by atoms with E-state index in [0.29, 0.717) is 6.54 Å². The van der Waals surface area contributed by atoms with Crippen LogP contribution in [0.4, 0.5) is 15.8 Å².